The average molecular weight is 225 g/mol. The lowest BCUT2D eigenvalue weighted by Gasteiger charge is -2.13. The predicted molar refractivity (Wildman–Crippen MR) is 72.8 cm³/mol. The van der Waals surface area contributed by atoms with E-state index in [1.165, 1.54) is 70.6 Å². The van der Waals surface area contributed by atoms with Crippen molar-refractivity contribution < 1.29 is 0 Å². The fourth-order valence-corrected chi connectivity index (χ4v) is 2.80. The zero-order valence-electron chi connectivity index (χ0n) is 11.4. The van der Waals surface area contributed by atoms with Crippen molar-refractivity contribution in [3.63, 3.8) is 0 Å². The second-order valence-corrected chi connectivity index (χ2v) is 5.48. The first-order valence-electron chi connectivity index (χ1n) is 7.62. The van der Waals surface area contributed by atoms with Gasteiger partial charge in [0, 0.05) is 12.1 Å². The van der Waals surface area contributed by atoms with E-state index in [9.17, 15) is 0 Å². The van der Waals surface area contributed by atoms with Crippen LogP contribution in [0.2, 0.25) is 0 Å². The Labute approximate surface area is 102 Å². The quantitative estimate of drug-likeness (QED) is 0.563. The van der Waals surface area contributed by atoms with Crippen molar-refractivity contribution in [2.75, 3.05) is 0 Å². The third-order valence-electron chi connectivity index (χ3n) is 3.90. The van der Waals surface area contributed by atoms with Crippen molar-refractivity contribution >= 4 is 0 Å². The van der Waals surface area contributed by atoms with Crippen LogP contribution >= 0.6 is 0 Å². The van der Waals surface area contributed by atoms with Gasteiger partial charge in [-0.1, -0.05) is 58.8 Å². The van der Waals surface area contributed by atoms with Crippen LogP contribution in [-0.2, 0) is 0 Å². The molecular weight excluding hydrogens is 194 g/mol. The topological polar surface area (TPSA) is 12.0 Å². The summed E-state index contributed by atoms with van der Waals surface area (Å²) in [6, 6.07) is 1.70. The smallest absolute Gasteiger partial charge is 0.00702 e. The monoisotopic (exact) mass is 225 g/mol. The molecule has 0 aromatic heterocycles. The average Bonchev–Trinajstić information content (AvgIpc) is 2.74. The minimum atomic E-state index is 0.848. The molecule has 1 aliphatic rings. The van der Waals surface area contributed by atoms with Crippen molar-refractivity contribution in [3.8, 4) is 0 Å². The van der Waals surface area contributed by atoms with Crippen molar-refractivity contribution in [2.24, 2.45) is 0 Å². The molecule has 1 rings (SSSR count). The largest absolute Gasteiger partial charge is 0.311 e. The van der Waals surface area contributed by atoms with Gasteiger partial charge in [-0.05, 0) is 25.7 Å². The van der Waals surface area contributed by atoms with Gasteiger partial charge in [0.2, 0.25) is 0 Å². The molecule has 1 heterocycles. The molecule has 1 N–H and O–H groups in total. The summed E-state index contributed by atoms with van der Waals surface area (Å²) in [4.78, 5) is 0. The predicted octanol–water partition coefficient (Wildman–Crippen LogP) is 4.66. The van der Waals surface area contributed by atoms with Crippen LogP contribution in [0.5, 0.6) is 0 Å². The summed E-state index contributed by atoms with van der Waals surface area (Å²) in [7, 11) is 0. The molecule has 0 aromatic carbocycles. The maximum Gasteiger partial charge on any atom is 0.00702 e. The third-order valence-corrected chi connectivity index (χ3v) is 3.90. The molecular formula is C15H31N. The lowest BCUT2D eigenvalue weighted by molar-refractivity contribution is 0.461. The molecule has 0 aromatic rings. The molecule has 0 spiro atoms. The molecule has 1 saturated heterocycles. The Morgan fingerprint density at radius 2 is 1.31 bits per heavy atom. The zero-order valence-corrected chi connectivity index (χ0v) is 11.4. The van der Waals surface area contributed by atoms with Crippen LogP contribution in [0.25, 0.3) is 0 Å². The molecule has 0 unspecified atom stereocenters. The third kappa shape index (κ3) is 5.89. The Hall–Kier alpha value is -0.0400. The van der Waals surface area contributed by atoms with Gasteiger partial charge >= 0.3 is 0 Å². The van der Waals surface area contributed by atoms with Gasteiger partial charge in [0.05, 0.1) is 0 Å². The van der Waals surface area contributed by atoms with E-state index < -0.39 is 0 Å². The Balaban J connectivity index is 1.94. The second-order valence-electron chi connectivity index (χ2n) is 5.48. The van der Waals surface area contributed by atoms with Crippen molar-refractivity contribution in [3.05, 3.63) is 0 Å². The molecule has 1 nitrogen and oxygen atoms in total. The molecule has 1 aliphatic heterocycles. The number of rotatable bonds is 9. The van der Waals surface area contributed by atoms with Gasteiger partial charge in [0.15, 0.2) is 0 Å². The lowest BCUT2D eigenvalue weighted by atomic mass is 10.0. The summed E-state index contributed by atoms with van der Waals surface area (Å²) in [5.74, 6) is 0. The number of hydrogen-bond acceptors (Lipinski definition) is 1. The van der Waals surface area contributed by atoms with Crippen LogP contribution in [-0.4, -0.2) is 12.1 Å². The van der Waals surface area contributed by atoms with Gasteiger partial charge in [-0.3, -0.25) is 0 Å². The Morgan fingerprint density at radius 3 is 1.94 bits per heavy atom. The van der Waals surface area contributed by atoms with E-state index in [0.29, 0.717) is 0 Å². The first-order valence-corrected chi connectivity index (χ1v) is 7.62. The minimum Gasteiger partial charge on any atom is -0.311 e. The Morgan fingerprint density at radius 1 is 0.750 bits per heavy atom. The van der Waals surface area contributed by atoms with Crippen molar-refractivity contribution in [1.82, 2.24) is 5.32 Å². The van der Waals surface area contributed by atoms with E-state index in [-0.39, 0.29) is 0 Å². The van der Waals surface area contributed by atoms with Crippen LogP contribution in [0.3, 0.4) is 0 Å². The Kier molecular flexibility index (Phi) is 7.92. The van der Waals surface area contributed by atoms with E-state index >= 15 is 0 Å². The van der Waals surface area contributed by atoms with Gasteiger partial charge in [-0.2, -0.15) is 0 Å². The van der Waals surface area contributed by atoms with Crippen molar-refractivity contribution in [2.45, 2.75) is 96.6 Å². The number of nitrogens with one attached hydrogen (secondary N) is 1. The van der Waals surface area contributed by atoms with E-state index in [1.54, 1.807) is 0 Å². The highest BCUT2D eigenvalue weighted by atomic mass is 15.0. The van der Waals surface area contributed by atoms with Crippen molar-refractivity contribution in [1.29, 1.82) is 0 Å². The molecule has 0 radical (unpaired) electrons. The zero-order chi connectivity index (χ0) is 11.6. The summed E-state index contributed by atoms with van der Waals surface area (Å²) < 4.78 is 0. The highest BCUT2D eigenvalue weighted by molar-refractivity contribution is 4.83. The maximum atomic E-state index is 3.82. The van der Waals surface area contributed by atoms with Crippen LogP contribution < -0.4 is 5.32 Å². The first-order chi connectivity index (χ1) is 7.86. The fourth-order valence-electron chi connectivity index (χ4n) is 2.80. The molecule has 1 fully saturated rings. The fraction of sp³-hybridized carbons (Fsp3) is 1.00. The Bertz CT molecular complexity index is 156. The maximum absolute atomic E-state index is 3.82. The summed E-state index contributed by atoms with van der Waals surface area (Å²) in [5, 5.41) is 3.82. The highest BCUT2D eigenvalue weighted by Gasteiger charge is 2.22. The second kappa shape index (κ2) is 9.04. The molecule has 0 bridgehead atoms. The minimum absolute atomic E-state index is 0.848. The van der Waals surface area contributed by atoms with Crippen LogP contribution in [0.15, 0.2) is 0 Å². The van der Waals surface area contributed by atoms with Gasteiger partial charge in [0.25, 0.3) is 0 Å². The summed E-state index contributed by atoms with van der Waals surface area (Å²) in [6.45, 7) is 4.58. The number of unbranched alkanes of at least 4 members (excludes halogenated alkanes) is 5. The van der Waals surface area contributed by atoms with Gasteiger partial charge < -0.3 is 5.32 Å². The summed E-state index contributed by atoms with van der Waals surface area (Å²) in [6.07, 6.45) is 15.6. The van der Waals surface area contributed by atoms with Crippen LogP contribution in [0.4, 0.5) is 0 Å². The molecule has 0 amide bonds. The standard InChI is InChI=1S/C15H31N/c1-3-5-7-8-9-11-15-13-12-14(16-15)10-6-4-2/h14-16H,3-13H2,1-2H3/t14-,15-/m1/s1. The summed E-state index contributed by atoms with van der Waals surface area (Å²) in [5.41, 5.74) is 0. The van der Waals surface area contributed by atoms with Gasteiger partial charge in [0.1, 0.15) is 0 Å². The molecule has 0 aliphatic carbocycles. The molecule has 16 heavy (non-hydrogen) atoms. The van der Waals surface area contributed by atoms with Crippen LogP contribution in [0, 0.1) is 0 Å². The van der Waals surface area contributed by atoms with E-state index in [0.717, 1.165) is 12.1 Å². The van der Waals surface area contributed by atoms with E-state index in [4.69, 9.17) is 0 Å². The molecule has 96 valence electrons. The molecule has 2 atom stereocenters. The molecule has 1 heteroatoms. The van der Waals surface area contributed by atoms with E-state index in [2.05, 4.69) is 19.2 Å². The SMILES string of the molecule is CCCCCCC[C@@H]1CC[C@@H](CCCC)N1. The number of hydrogen-bond donors (Lipinski definition) is 1. The molecule has 0 saturated carbocycles. The lowest BCUT2D eigenvalue weighted by Crippen LogP contribution is -2.29. The van der Waals surface area contributed by atoms with Crippen LogP contribution in [0.1, 0.15) is 84.5 Å². The van der Waals surface area contributed by atoms with Gasteiger partial charge in [-0.25, -0.2) is 0 Å². The first kappa shape index (κ1) is 14.0. The summed E-state index contributed by atoms with van der Waals surface area (Å²) >= 11 is 0. The normalized spacial score (nSPS) is 25.1. The highest BCUT2D eigenvalue weighted by Crippen LogP contribution is 2.21. The van der Waals surface area contributed by atoms with E-state index in [1.807, 2.05) is 0 Å². The van der Waals surface area contributed by atoms with Gasteiger partial charge in [-0.15, -0.1) is 0 Å².